The lowest BCUT2D eigenvalue weighted by molar-refractivity contribution is 0.0996. The van der Waals surface area contributed by atoms with Crippen molar-refractivity contribution in [3.8, 4) is 5.75 Å². The van der Waals surface area contributed by atoms with Crippen molar-refractivity contribution in [3.63, 3.8) is 0 Å². The molecule has 26 heavy (non-hydrogen) atoms. The number of nitrogens with zero attached hydrogens (tertiary/aromatic N) is 3. The monoisotopic (exact) mass is 376 g/mol. The Balaban J connectivity index is 1.69. The van der Waals surface area contributed by atoms with Crippen molar-refractivity contribution in [2.45, 2.75) is 19.0 Å². The molecule has 0 radical (unpaired) electrons. The number of hydrogen-bond acceptors (Lipinski definition) is 7. The van der Waals surface area contributed by atoms with Crippen LogP contribution in [0, 0.1) is 0 Å². The van der Waals surface area contributed by atoms with Gasteiger partial charge in [-0.25, -0.2) is 4.98 Å². The Labute approximate surface area is 157 Å². The Morgan fingerprint density at radius 1 is 1.46 bits per heavy atom. The van der Waals surface area contributed by atoms with E-state index in [1.165, 1.54) is 16.9 Å². The van der Waals surface area contributed by atoms with Gasteiger partial charge in [-0.05, 0) is 24.1 Å². The van der Waals surface area contributed by atoms with Crippen molar-refractivity contribution in [2.24, 2.45) is 5.73 Å². The second-order valence-corrected chi connectivity index (χ2v) is 7.15. The van der Waals surface area contributed by atoms with E-state index in [4.69, 9.17) is 10.5 Å². The number of carbonyl (C=O) groups is 1. The molecule has 2 heterocycles. The second kappa shape index (κ2) is 8.48. The smallest absolute Gasteiger partial charge is 0.268 e. The van der Waals surface area contributed by atoms with E-state index in [0.29, 0.717) is 12.1 Å². The number of aliphatic hydroxyl groups excluding tert-OH is 1. The van der Waals surface area contributed by atoms with Gasteiger partial charge in [-0.3, -0.25) is 9.69 Å². The van der Waals surface area contributed by atoms with Crippen LogP contribution in [0.25, 0.3) is 0 Å². The van der Waals surface area contributed by atoms with Crippen LogP contribution in [0.15, 0.2) is 29.6 Å². The summed E-state index contributed by atoms with van der Waals surface area (Å²) >= 11 is 1.43. The largest absolute Gasteiger partial charge is 0.497 e. The van der Waals surface area contributed by atoms with Crippen LogP contribution in [-0.4, -0.2) is 60.3 Å². The maximum Gasteiger partial charge on any atom is 0.268 e. The lowest BCUT2D eigenvalue weighted by Gasteiger charge is -2.41. The van der Waals surface area contributed by atoms with Gasteiger partial charge >= 0.3 is 0 Å². The zero-order valence-electron chi connectivity index (χ0n) is 14.8. The molecule has 1 atom stereocenters. The molecule has 2 aromatic rings. The number of benzene rings is 1. The maximum absolute atomic E-state index is 11.3. The molecule has 140 valence electrons. The van der Waals surface area contributed by atoms with Crippen LogP contribution in [0.5, 0.6) is 5.75 Å². The van der Waals surface area contributed by atoms with Gasteiger partial charge in [0.25, 0.3) is 5.91 Å². The molecule has 1 saturated heterocycles. The average Bonchev–Trinajstić information content (AvgIpc) is 3.14. The molecule has 1 aliphatic rings. The minimum atomic E-state index is -0.504. The standard InChI is InChI=1S/C18H24N4O3S/c1-25-15-4-2-3-13(9-15)10-21-6-7-22(11-14(21)5-8-23)18-20-16(12-26-18)17(19)24/h2-4,9,12,14,23H,5-8,10-11H2,1H3,(H2,19,24). The molecule has 7 nitrogen and oxygen atoms in total. The number of rotatable bonds is 7. The third-order valence-electron chi connectivity index (χ3n) is 4.60. The number of piperazine rings is 1. The van der Waals surface area contributed by atoms with Crippen LogP contribution in [-0.2, 0) is 6.54 Å². The minimum absolute atomic E-state index is 0.136. The van der Waals surface area contributed by atoms with Gasteiger partial charge < -0.3 is 20.5 Å². The van der Waals surface area contributed by atoms with E-state index in [-0.39, 0.29) is 12.6 Å². The van der Waals surface area contributed by atoms with Crippen LogP contribution in [0.1, 0.15) is 22.5 Å². The quantitative estimate of drug-likeness (QED) is 0.757. The number of aromatic nitrogens is 1. The van der Waals surface area contributed by atoms with E-state index in [2.05, 4.69) is 20.9 Å². The topological polar surface area (TPSA) is 91.9 Å². The van der Waals surface area contributed by atoms with Gasteiger partial charge in [-0.15, -0.1) is 11.3 Å². The van der Waals surface area contributed by atoms with Gasteiger partial charge in [0.2, 0.25) is 0 Å². The number of amides is 1. The summed E-state index contributed by atoms with van der Waals surface area (Å²) in [5.41, 5.74) is 6.79. The number of ether oxygens (including phenoxy) is 1. The molecule has 0 saturated carbocycles. The molecule has 3 N–H and O–H groups in total. The zero-order chi connectivity index (χ0) is 18.5. The predicted molar refractivity (Wildman–Crippen MR) is 102 cm³/mol. The lowest BCUT2D eigenvalue weighted by atomic mass is 10.1. The van der Waals surface area contributed by atoms with E-state index in [0.717, 1.165) is 37.1 Å². The predicted octanol–water partition coefficient (Wildman–Crippen LogP) is 1.32. The number of primary amides is 1. The molecular formula is C18H24N4O3S. The number of nitrogens with two attached hydrogens (primary N) is 1. The molecule has 1 aromatic heterocycles. The third-order valence-corrected chi connectivity index (χ3v) is 5.50. The first-order chi connectivity index (χ1) is 12.6. The van der Waals surface area contributed by atoms with Crippen molar-refractivity contribution in [1.29, 1.82) is 0 Å². The van der Waals surface area contributed by atoms with Gasteiger partial charge in [0, 0.05) is 44.2 Å². The van der Waals surface area contributed by atoms with E-state index >= 15 is 0 Å². The highest BCUT2D eigenvalue weighted by molar-refractivity contribution is 7.13. The molecule has 0 bridgehead atoms. The first kappa shape index (κ1) is 18.6. The Morgan fingerprint density at radius 3 is 3.00 bits per heavy atom. The summed E-state index contributed by atoms with van der Waals surface area (Å²) in [6, 6.07) is 8.27. The Hall–Kier alpha value is -2.16. The van der Waals surface area contributed by atoms with Crippen molar-refractivity contribution < 1.29 is 14.6 Å². The summed E-state index contributed by atoms with van der Waals surface area (Å²) in [6.45, 7) is 3.37. The van der Waals surface area contributed by atoms with Crippen LogP contribution < -0.4 is 15.4 Å². The van der Waals surface area contributed by atoms with E-state index in [1.54, 1.807) is 12.5 Å². The maximum atomic E-state index is 11.3. The molecule has 3 rings (SSSR count). The highest BCUT2D eigenvalue weighted by Gasteiger charge is 2.28. The number of anilines is 1. The number of thiazole rings is 1. The molecule has 1 aliphatic heterocycles. The van der Waals surface area contributed by atoms with E-state index in [1.807, 2.05) is 18.2 Å². The Kier molecular flexibility index (Phi) is 6.08. The number of hydrogen-bond donors (Lipinski definition) is 2. The SMILES string of the molecule is COc1cccc(CN2CCN(c3nc(C(N)=O)cs3)CC2CCO)c1. The molecule has 1 unspecified atom stereocenters. The Bertz CT molecular complexity index is 752. The van der Waals surface area contributed by atoms with Gasteiger partial charge in [-0.1, -0.05) is 12.1 Å². The van der Waals surface area contributed by atoms with Crippen LogP contribution in [0.3, 0.4) is 0 Å². The van der Waals surface area contributed by atoms with Gasteiger partial charge in [-0.2, -0.15) is 0 Å². The number of aliphatic hydroxyl groups is 1. The summed E-state index contributed by atoms with van der Waals surface area (Å²) in [5.74, 6) is 0.345. The fourth-order valence-corrected chi connectivity index (χ4v) is 4.08. The Morgan fingerprint density at radius 2 is 2.31 bits per heavy atom. The van der Waals surface area contributed by atoms with Gasteiger partial charge in [0.15, 0.2) is 5.13 Å². The van der Waals surface area contributed by atoms with Crippen molar-refractivity contribution in [1.82, 2.24) is 9.88 Å². The molecule has 1 aromatic carbocycles. The molecule has 0 spiro atoms. The normalized spacial score (nSPS) is 18.1. The van der Waals surface area contributed by atoms with E-state index in [9.17, 15) is 9.90 Å². The molecule has 0 aliphatic carbocycles. The van der Waals surface area contributed by atoms with Gasteiger partial charge in [0.05, 0.1) is 7.11 Å². The van der Waals surface area contributed by atoms with Crippen LogP contribution in [0.4, 0.5) is 5.13 Å². The van der Waals surface area contributed by atoms with Crippen molar-refractivity contribution >= 4 is 22.4 Å². The van der Waals surface area contributed by atoms with Crippen molar-refractivity contribution in [2.75, 3.05) is 38.3 Å². The molecular weight excluding hydrogens is 352 g/mol. The first-order valence-electron chi connectivity index (χ1n) is 8.59. The number of methoxy groups -OCH3 is 1. The zero-order valence-corrected chi connectivity index (χ0v) is 15.6. The minimum Gasteiger partial charge on any atom is -0.497 e. The second-order valence-electron chi connectivity index (χ2n) is 6.31. The highest BCUT2D eigenvalue weighted by atomic mass is 32.1. The highest BCUT2D eigenvalue weighted by Crippen LogP contribution is 2.26. The molecule has 1 fully saturated rings. The molecule has 8 heteroatoms. The fraction of sp³-hybridized carbons (Fsp3) is 0.444. The first-order valence-corrected chi connectivity index (χ1v) is 9.46. The summed E-state index contributed by atoms with van der Waals surface area (Å²) in [4.78, 5) is 20.1. The lowest BCUT2D eigenvalue weighted by Crippen LogP contribution is -2.53. The third kappa shape index (κ3) is 4.32. The van der Waals surface area contributed by atoms with Crippen molar-refractivity contribution in [3.05, 3.63) is 40.9 Å². The fourth-order valence-electron chi connectivity index (χ4n) is 3.23. The summed E-state index contributed by atoms with van der Waals surface area (Å²) in [5, 5.41) is 12.0. The van der Waals surface area contributed by atoms with Crippen LogP contribution >= 0.6 is 11.3 Å². The summed E-state index contributed by atoms with van der Waals surface area (Å²) in [6.07, 6.45) is 0.689. The summed E-state index contributed by atoms with van der Waals surface area (Å²) in [7, 11) is 1.67. The number of carbonyl (C=O) groups excluding carboxylic acids is 1. The summed E-state index contributed by atoms with van der Waals surface area (Å²) < 4.78 is 5.30. The van der Waals surface area contributed by atoms with Crippen LogP contribution in [0.2, 0.25) is 0 Å². The van der Waals surface area contributed by atoms with Gasteiger partial charge in [0.1, 0.15) is 11.4 Å². The van der Waals surface area contributed by atoms with E-state index < -0.39 is 5.91 Å². The average molecular weight is 376 g/mol. The molecule has 1 amide bonds.